The van der Waals surface area contributed by atoms with Crippen molar-refractivity contribution in [2.24, 2.45) is 0 Å². The van der Waals surface area contributed by atoms with Gasteiger partial charge in [-0.1, -0.05) is 0 Å². The second-order valence-electron chi connectivity index (χ2n) is 7.94. The zero-order valence-electron chi connectivity index (χ0n) is 16.3. The molecule has 2 fully saturated rings. The Labute approximate surface area is 168 Å². The average molecular weight is 392 g/mol. The lowest BCUT2D eigenvalue weighted by molar-refractivity contribution is 0.135. The van der Waals surface area contributed by atoms with Crippen LogP contribution in [0.15, 0.2) is 18.6 Å². The summed E-state index contributed by atoms with van der Waals surface area (Å²) >= 11 is 0. The lowest BCUT2D eigenvalue weighted by Gasteiger charge is -2.39. The summed E-state index contributed by atoms with van der Waals surface area (Å²) < 4.78 is 1.87. The number of fused-ring (bicyclic) bond motifs is 3. The Morgan fingerprint density at radius 1 is 1.28 bits per heavy atom. The summed E-state index contributed by atoms with van der Waals surface area (Å²) in [5, 5.41) is 31.1. The van der Waals surface area contributed by atoms with Crippen LogP contribution in [0, 0.1) is 18.3 Å². The molecule has 0 aromatic carbocycles. The van der Waals surface area contributed by atoms with Crippen molar-refractivity contribution in [3.05, 3.63) is 24.3 Å². The first kappa shape index (κ1) is 17.9. The van der Waals surface area contributed by atoms with Gasteiger partial charge in [0.25, 0.3) is 0 Å². The van der Waals surface area contributed by atoms with E-state index in [9.17, 15) is 0 Å². The maximum atomic E-state index is 8.92. The Bertz CT molecular complexity index is 1030. The maximum Gasteiger partial charge on any atom is 0.204 e. The Balaban J connectivity index is 1.34. The predicted octanol–water partition coefficient (Wildman–Crippen LogP) is 2.22. The monoisotopic (exact) mass is 392 g/mol. The smallest absolute Gasteiger partial charge is 0.204 e. The van der Waals surface area contributed by atoms with Crippen molar-refractivity contribution in [3.63, 3.8) is 0 Å². The van der Waals surface area contributed by atoms with Gasteiger partial charge in [-0.25, -0.2) is 4.98 Å². The van der Waals surface area contributed by atoms with E-state index in [1.54, 1.807) is 6.33 Å². The highest BCUT2D eigenvalue weighted by molar-refractivity contribution is 5.69. The van der Waals surface area contributed by atoms with E-state index in [0.717, 1.165) is 30.9 Å². The van der Waals surface area contributed by atoms with Crippen molar-refractivity contribution in [2.75, 3.05) is 17.2 Å². The van der Waals surface area contributed by atoms with Gasteiger partial charge in [-0.05, 0) is 32.6 Å². The standard InChI is InChI=1S/C19H24N10/c1-12-7-16(26-25-12)23-18-19-27-21-11-28(19)10-17(24-18)22-13-8-14-3-4-15(9-13)29(14)6-2-5-20/h7,10-11,13-15,22H,2-4,6,8-9H2,1H3,(H2,23,24,25,26). The molecule has 2 bridgehead atoms. The Kier molecular flexibility index (Phi) is 4.52. The van der Waals surface area contributed by atoms with Crippen molar-refractivity contribution in [2.45, 2.75) is 57.2 Å². The normalized spacial score (nSPS) is 23.9. The minimum Gasteiger partial charge on any atom is -0.366 e. The zero-order valence-corrected chi connectivity index (χ0v) is 16.3. The predicted molar refractivity (Wildman–Crippen MR) is 108 cm³/mol. The number of hydrogen-bond donors (Lipinski definition) is 3. The minimum absolute atomic E-state index is 0.368. The number of piperidine rings is 1. The summed E-state index contributed by atoms with van der Waals surface area (Å²) in [5.41, 5.74) is 1.63. The largest absolute Gasteiger partial charge is 0.366 e. The lowest BCUT2D eigenvalue weighted by atomic mass is 9.97. The summed E-state index contributed by atoms with van der Waals surface area (Å²) in [5.74, 6) is 2.11. The van der Waals surface area contributed by atoms with Gasteiger partial charge in [-0.3, -0.25) is 14.4 Å². The van der Waals surface area contributed by atoms with Crippen LogP contribution in [0.4, 0.5) is 17.5 Å². The summed E-state index contributed by atoms with van der Waals surface area (Å²) in [6, 6.07) is 5.69. The third-order valence-electron chi connectivity index (χ3n) is 5.95. The van der Waals surface area contributed by atoms with E-state index in [2.05, 4.69) is 42.0 Å². The van der Waals surface area contributed by atoms with E-state index in [1.807, 2.05) is 23.6 Å². The van der Waals surface area contributed by atoms with Crippen LogP contribution in [-0.4, -0.2) is 59.3 Å². The van der Waals surface area contributed by atoms with Crippen LogP contribution in [0.3, 0.4) is 0 Å². The van der Waals surface area contributed by atoms with Gasteiger partial charge >= 0.3 is 0 Å². The third-order valence-corrected chi connectivity index (χ3v) is 5.95. The number of aryl methyl sites for hydroxylation is 1. The fourth-order valence-corrected chi connectivity index (χ4v) is 4.74. The first-order valence-corrected chi connectivity index (χ1v) is 10.1. The first-order valence-electron chi connectivity index (χ1n) is 10.1. The molecule has 150 valence electrons. The quantitative estimate of drug-likeness (QED) is 0.583. The first-order chi connectivity index (χ1) is 14.2. The number of nitrogens with one attached hydrogen (secondary N) is 3. The molecule has 2 aliphatic rings. The summed E-state index contributed by atoms with van der Waals surface area (Å²) in [6.07, 6.45) is 8.81. The third kappa shape index (κ3) is 3.49. The average Bonchev–Trinajstić information content (AvgIpc) is 3.39. The summed E-state index contributed by atoms with van der Waals surface area (Å²) in [6.45, 7) is 2.84. The number of H-pyrrole nitrogens is 1. The van der Waals surface area contributed by atoms with E-state index in [0.29, 0.717) is 41.8 Å². The molecule has 10 nitrogen and oxygen atoms in total. The fourth-order valence-electron chi connectivity index (χ4n) is 4.74. The molecule has 0 aliphatic carbocycles. The van der Waals surface area contributed by atoms with Crippen LogP contribution in [0.25, 0.3) is 5.65 Å². The van der Waals surface area contributed by atoms with Gasteiger partial charge in [-0.15, -0.1) is 10.2 Å². The van der Waals surface area contributed by atoms with Crippen molar-refractivity contribution >= 4 is 23.1 Å². The second-order valence-corrected chi connectivity index (χ2v) is 7.94. The van der Waals surface area contributed by atoms with Crippen LogP contribution in [0.1, 0.15) is 37.8 Å². The van der Waals surface area contributed by atoms with E-state index >= 15 is 0 Å². The van der Waals surface area contributed by atoms with E-state index in [-0.39, 0.29) is 0 Å². The van der Waals surface area contributed by atoms with Crippen LogP contribution in [0.2, 0.25) is 0 Å². The molecule has 3 aromatic heterocycles. The van der Waals surface area contributed by atoms with Gasteiger partial charge in [0.2, 0.25) is 5.65 Å². The molecule has 0 radical (unpaired) electrons. The van der Waals surface area contributed by atoms with Gasteiger partial charge in [0.05, 0.1) is 12.3 Å². The van der Waals surface area contributed by atoms with Gasteiger partial charge in [0.1, 0.15) is 12.1 Å². The molecule has 29 heavy (non-hydrogen) atoms. The zero-order chi connectivity index (χ0) is 19.8. The number of nitrogens with zero attached hydrogens (tertiary/aromatic N) is 7. The summed E-state index contributed by atoms with van der Waals surface area (Å²) in [7, 11) is 0. The number of aromatic amines is 1. The number of aromatic nitrogens is 6. The van der Waals surface area contributed by atoms with E-state index in [4.69, 9.17) is 10.2 Å². The SMILES string of the molecule is Cc1cc(Nc2nc(NC3CC4CCC(C3)N4CCC#N)cn3cnnc23)n[nH]1. The van der Waals surface area contributed by atoms with Crippen molar-refractivity contribution in [1.29, 1.82) is 5.26 Å². The molecule has 2 saturated heterocycles. The highest BCUT2D eigenvalue weighted by atomic mass is 15.3. The van der Waals surface area contributed by atoms with Crippen LogP contribution < -0.4 is 10.6 Å². The number of rotatable bonds is 6. The van der Waals surface area contributed by atoms with Crippen molar-refractivity contribution < 1.29 is 0 Å². The molecule has 0 saturated carbocycles. The molecule has 5 heterocycles. The molecular formula is C19H24N10. The van der Waals surface area contributed by atoms with Gasteiger partial charge in [0, 0.05) is 42.9 Å². The molecular weight excluding hydrogens is 368 g/mol. The highest BCUT2D eigenvalue weighted by Crippen LogP contribution is 2.36. The minimum atomic E-state index is 0.368. The van der Waals surface area contributed by atoms with Crippen molar-refractivity contribution in [3.8, 4) is 6.07 Å². The second kappa shape index (κ2) is 7.33. The molecule has 5 rings (SSSR count). The Morgan fingerprint density at radius 3 is 2.83 bits per heavy atom. The number of hydrogen-bond acceptors (Lipinski definition) is 8. The topological polar surface area (TPSA) is 123 Å². The molecule has 2 atom stereocenters. The Morgan fingerprint density at radius 2 is 2.10 bits per heavy atom. The molecule has 2 unspecified atom stereocenters. The summed E-state index contributed by atoms with van der Waals surface area (Å²) in [4.78, 5) is 7.29. The molecule has 0 amide bonds. The molecule has 10 heteroatoms. The molecule has 3 aromatic rings. The lowest BCUT2D eigenvalue weighted by Crippen LogP contribution is -2.47. The van der Waals surface area contributed by atoms with Crippen molar-refractivity contribution in [1.82, 2.24) is 34.7 Å². The molecule has 3 N–H and O–H groups in total. The fraction of sp³-hybridized carbons (Fsp3) is 0.526. The van der Waals surface area contributed by atoms with E-state index < -0.39 is 0 Å². The van der Waals surface area contributed by atoms with E-state index in [1.165, 1.54) is 12.8 Å². The number of anilines is 3. The van der Waals surface area contributed by atoms with Crippen LogP contribution in [0.5, 0.6) is 0 Å². The van der Waals surface area contributed by atoms with Crippen LogP contribution >= 0.6 is 0 Å². The maximum absolute atomic E-state index is 8.92. The Hall–Kier alpha value is -3.19. The molecule has 2 aliphatic heterocycles. The van der Waals surface area contributed by atoms with Gasteiger partial charge < -0.3 is 10.6 Å². The highest BCUT2D eigenvalue weighted by Gasteiger charge is 2.40. The van der Waals surface area contributed by atoms with Crippen LogP contribution in [-0.2, 0) is 0 Å². The van der Waals surface area contributed by atoms with Gasteiger partial charge in [0.15, 0.2) is 11.6 Å². The number of nitriles is 1. The molecule has 0 spiro atoms. The van der Waals surface area contributed by atoms with Gasteiger partial charge in [-0.2, -0.15) is 10.4 Å².